The van der Waals surface area contributed by atoms with Crippen LogP contribution in [0.3, 0.4) is 0 Å². The van der Waals surface area contributed by atoms with Crippen molar-refractivity contribution in [3.8, 4) is 5.75 Å². The van der Waals surface area contributed by atoms with Gasteiger partial charge >= 0.3 is 0 Å². The maximum Gasteiger partial charge on any atom is 0.137 e. The van der Waals surface area contributed by atoms with Crippen LogP contribution in [0.5, 0.6) is 5.75 Å². The molecule has 2 rings (SSSR count). The first-order valence-corrected chi connectivity index (χ1v) is 5.80. The van der Waals surface area contributed by atoms with Crippen molar-refractivity contribution in [3.05, 3.63) is 28.8 Å². The second-order valence-corrected chi connectivity index (χ2v) is 4.46. The third kappa shape index (κ3) is 1.90. The van der Waals surface area contributed by atoms with Crippen LogP contribution < -0.4 is 10.5 Å². The molecule has 0 aliphatic carbocycles. The van der Waals surface area contributed by atoms with Gasteiger partial charge in [-0.3, -0.25) is 0 Å². The zero-order valence-corrected chi connectivity index (χ0v) is 10.1. The molecule has 0 saturated carbocycles. The summed E-state index contributed by atoms with van der Waals surface area (Å²) < 4.78 is 10.6. The fourth-order valence-electron chi connectivity index (χ4n) is 1.85. The maximum absolute atomic E-state index is 6.15. The zero-order chi connectivity index (χ0) is 11.6. The summed E-state index contributed by atoms with van der Waals surface area (Å²) in [6, 6.07) is 5.85. The highest BCUT2D eigenvalue weighted by molar-refractivity contribution is 6.32. The maximum atomic E-state index is 6.15. The van der Waals surface area contributed by atoms with Crippen molar-refractivity contribution < 1.29 is 9.47 Å². The second-order valence-electron chi connectivity index (χ2n) is 4.06. The predicted molar refractivity (Wildman–Crippen MR) is 64.2 cm³/mol. The first-order chi connectivity index (χ1) is 7.72. The first kappa shape index (κ1) is 11.7. The lowest BCUT2D eigenvalue weighted by Crippen LogP contribution is -2.52. The van der Waals surface area contributed by atoms with Crippen LogP contribution in [0.25, 0.3) is 0 Å². The van der Waals surface area contributed by atoms with E-state index in [2.05, 4.69) is 0 Å². The topological polar surface area (TPSA) is 44.5 Å². The number of halogens is 1. The molecule has 1 aliphatic rings. The summed E-state index contributed by atoms with van der Waals surface area (Å²) in [5, 5.41) is 0.638. The molecule has 0 aromatic heterocycles. The zero-order valence-electron chi connectivity index (χ0n) is 9.33. The molecule has 1 aliphatic heterocycles. The average molecular weight is 242 g/mol. The predicted octanol–water partition coefficient (Wildman–Crippen LogP) is 1.97. The molecular formula is C12H16ClNO2. The summed E-state index contributed by atoms with van der Waals surface area (Å²) in [7, 11) is 0. The Kier molecular flexibility index (Phi) is 3.38. The van der Waals surface area contributed by atoms with Gasteiger partial charge in [0.05, 0.1) is 30.3 Å². The lowest BCUT2D eigenvalue weighted by Gasteiger charge is -2.41. The molecule has 0 amide bonds. The van der Waals surface area contributed by atoms with Gasteiger partial charge in [0.15, 0.2) is 0 Å². The van der Waals surface area contributed by atoms with Crippen molar-refractivity contribution in [1.82, 2.24) is 0 Å². The van der Waals surface area contributed by atoms with Crippen molar-refractivity contribution in [2.24, 2.45) is 5.73 Å². The van der Waals surface area contributed by atoms with Gasteiger partial charge in [0.1, 0.15) is 5.75 Å². The summed E-state index contributed by atoms with van der Waals surface area (Å²) in [6.45, 7) is 4.48. The molecular weight excluding hydrogens is 226 g/mol. The van der Waals surface area contributed by atoms with E-state index < -0.39 is 0 Å². The van der Waals surface area contributed by atoms with E-state index in [0.717, 1.165) is 11.3 Å². The number of hydrogen-bond acceptors (Lipinski definition) is 3. The Morgan fingerprint density at radius 1 is 1.50 bits per heavy atom. The van der Waals surface area contributed by atoms with E-state index in [0.29, 0.717) is 31.4 Å². The molecule has 1 aromatic carbocycles. The fourth-order valence-corrected chi connectivity index (χ4v) is 2.09. The molecule has 0 bridgehead atoms. The number of ether oxygens (including phenoxy) is 2. The van der Waals surface area contributed by atoms with Gasteiger partial charge in [-0.2, -0.15) is 0 Å². The van der Waals surface area contributed by atoms with Crippen LogP contribution in [0.15, 0.2) is 18.2 Å². The van der Waals surface area contributed by atoms with Gasteiger partial charge in [-0.25, -0.2) is 0 Å². The number of benzene rings is 1. The third-order valence-electron chi connectivity index (χ3n) is 2.99. The summed E-state index contributed by atoms with van der Waals surface area (Å²) in [5.74, 6) is 0.723. The lowest BCUT2D eigenvalue weighted by atomic mass is 9.79. The summed E-state index contributed by atoms with van der Waals surface area (Å²) in [6.07, 6.45) is 0. The Balaban J connectivity index is 2.26. The molecule has 0 atom stereocenters. The van der Waals surface area contributed by atoms with Crippen molar-refractivity contribution in [2.45, 2.75) is 12.3 Å². The van der Waals surface area contributed by atoms with Gasteiger partial charge < -0.3 is 15.2 Å². The van der Waals surface area contributed by atoms with Crippen LogP contribution in [0.1, 0.15) is 12.5 Å². The highest BCUT2D eigenvalue weighted by Crippen LogP contribution is 2.35. The van der Waals surface area contributed by atoms with Gasteiger partial charge in [-0.1, -0.05) is 17.7 Å². The standard InChI is InChI=1S/C12H16ClNO2/c1-2-16-11-4-3-9(5-10(11)13)12(6-14)7-15-8-12/h3-5H,2,6-8,14H2,1H3. The highest BCUT2D eigenvalue weighted by atomic mass is 35.5. The van der Waals surface area contributed by atoms with Crippen LogP contribution in [-0.2, 0) is 10.2 Å². The van der Waals surface area contributed by atoms with E-state index in [1.807, 2.05) is 25.1 Å². The monoisotopic (exact) mass is 241 g/mol. The van der Waals surface area contributed by atoms with E-state index in [-0.39, 0.29) is 5.41 Å². The van der Waals surface area contributed by atoms with E-state index >= 15 is 0 Å². The Bertz CT molecular complexity index is 372. The van der Waals surface area contributed by atoms with E-state index in [1.54, 1.807) is 0 Å². The van der Waals surface area contributed by atoms with Gasteiger partial charge in [0.2, 0.25) is 0 Å². The SMILES string of the molecule is CCOc1ccc(C2(CN)COC2)cc1Cl. The Labute approximate surface area is 100 Å². The molecule has 88 valence electrons. The van der Waals surface area contributed by atoms with E-state index in [1.165, 1.54) is 0 Å². The lowest BCUT2D eigenvalue weighted by molar-refractivity contribution is -0.0550. The molecule has 0 radical (unpaired) electrons. The molecule has 1 saturated heterocycles. The van der Waals surface area contributed by atoms with Crippen LogP contribution in [0.4, 0.5) is 0 Å². The number of nitrogens with two attached hydrogens (primary N) is 1. The van der Waals surface area contributed by atoms with Crippen LogP contribution >= 0.6 is 11.6 Å². The van der Waals surface area contributed by atoms with Crippen molar-refractivity contribution >= 4 is 11.6 Å². The molecule has 3 nitrogen and oxygen atoms in total. The van der Waals surface area contributed by atoms with Crippen LogP contribution in [-0.4, -0.2) is 26.4 Å². The van der Waals surface area contributed by atoms with Gasteiger partial charge in [-0.15, -0.1) is 0 Å². The van der Waals surface area contributed by atoms with Crippen LogP contribution in [0, 0.1) is 0 Å². The molecule has 2 N–H and O–H groups in total. The van der Waals surface area contributed by atoms with Crippen molar-refractivity contribution in [1.29, 1.82) is 0 Å². The molecule has 1 fully saturated rings. The minimum Gasteiger partial charge on any atom is -0.492 e. The number of rotatable bonds is 4. The second kappa shape index (κ2) is 4.62. The Hall–Kier alpha value is -0.770. The molecule has 4 heteroatoms. The first-order valence-electron chi connectivity index (χ1n) is 5.42. The molecule has 1 aromatic rings. The van der Waals surface area contributed by atoms with Gasteiger partial charge in [-0.05, 0) is 24.6 Å². The largest absolute Gasteiger partial charge is 0.492 e. The Morgan fingerprint density at radius 3 is 2.69 bits per heavy atom. The summed E-state index contributed by atoms with van der Waals surface area (Å²) in [4.78, 5) is 0. The van der Waals surface area contributed by atoms with Crippen molar-refractivity contribution in [2.75, 3.05) is 26.4 Å². The summed E-state index contributed by atoms with van der Waals surface area (Å²) >= 11 is 6.15. The van der Waals surface area contributed by atoms with E-state index in [9.17, 15) is 0 Å². The summed E-state index contributed by atoms with van der Waals surface area (Å²) in [5.41, 5.74) is 6.88. The van der Waals surface area contributed by atoms with Gasteiger partial charge in [0, 0.05) is 6.54 Å². The van der Waals surface area contributed by atoms with Crippen LogP contribution in [0.2, 0.25) is 5.02 Å². The minimum absolute atomic E-state index is 0.0472. The van der Waals surface area contributed by atoms with Crippen molar-refractivity contribution in [3.63, 3.8) is 0 Å². The minimum atomic E-state index is -0.0472. The van der Waals surface area contributed by atoms with Gasteiger partial charge in [0.25, 0.3) is 0 Å². The molecule has 16 heavy (non-hydrogen) atoms. The quantitative estimate of drug-likeness (QED) is 0.877. The number of hydrogen-bond donors (Lipinski definition) is 1. The molecule has 1 heterocycles. The van der Waals surface area contributed by atoms with E-state index in [4.69, 9.17) is 26.8 Å². The average Bonchev–Trinajstić information content (AvgIpc) is 2.21. The fraction of sp³-hybridized carbons (Fsp3) is 0.500. The smallest absolute Gasteiger partial charge is 0.137 e. The molecule has 0 unspecified atom stereocenters. The third-order valence-corrected chi connectivity index (χ3v) is 3.29. The molecule has 0 spiro atoms. The Morgan fingerprint density at radius 2 is 2.25 bits per heavy atom. The normalized spacial score (nSPS) is 17.9. The highest BCUT2D eigenvalue weighted by Gasteiger charge is 2.39.